The standard InChI is InChI=1S/C32H43FN8O16P2/c1-31(2,3)29(44)51-15-38-11-36-25-23(27(38)42)34-13-40(25)21-7-17(33)19(55-21)9-54-59(49,50)57-18-8-22(56-20(18)10-53-58(46,47)48)41-14-35-24-26(41)37-12-39(28(24)43)16-52-30(45)32(4,5)6/h11-14,17-22H,7-10,15-16H2,1-6H3,(H,49,50)(H2,46,47,48)/t17?,18-,19?,20?,21?,22?/m0/s1. The summed E-state index contributed by atoms with van der Waals surface area (Å²) in [6.45, 7) is 7.40. The fraction of sp³-hybridized carbons (Fsp3) is 0.625. The lowest BCUT2D eigenvalue weighted by Gasteiger charge is -2.22. The fourth-order valence-electron chi connectivity index (χ4n) is 5.87. The SMILES string of the molecule is CC(C)(C)C(=O)OCn1cnc2c(ncn2C2CC(F)C(COP(=O)(O)O[C@H]3CC(n4cnc5c(=O)n(COC(=O)C(C)(C)C)cnc54)OC3COP(=O)(O)O)O2)c1=O. The lowest BCUT2D eigenvalue weighted by molar-refractivity contribution is -0.157. The van der Waals surface area contributed by atoms with Gasteiger partial charge in [-0.15, -0.1) is 0 Å². The number of rotatable bonds is 14. The van der Waals surface area contributed by atoms with Crippen molar-refractivity contribution in [2.75, 3.05) is 13.2 Å². The largest absolute Gasteiger partial charge is 0.472 e. The van der Waals surface area contributed by atoms with E-state index >= 15 is 4.39 Å². The predicted molar refractivity (Wildman–Crippen MR) is 195 cm³/mol. The van der Waals surface area contributed by atoms with E-state index in [1.54, 1.807) is 41.5 Å². The van der Waals surface area contributed by atoms with Crippen LogP contribution in [0.4, 0.5) is 4.39 Å². The number of carbonyl (C=O) groups is 2. The molecule has 0 saturated carbocycles. The number of esters is 2. The van der Waals surface area contributed by atoms with Crippen molar-refractivity contribution in [2.24, 2.45) is 10.8 Å². The first-order valence-corrected chi connectivity index (χ1v) is 20.9. The van der Waals surface area contributed by atoms with Crippen molar-refractivity contribution in [3.8, 4) is 0 Å². The summed E-state index contributed by atoms with van der Waals surface area (Å²) < 4.78 is 81.7. The molecule has 3 N–H and O–H groups in total. The molecular formula is C32H43FN8O16P2. The summed E-state index contributed by atoms with van der Waals surface area (Å²) in [6.07, 6.45) is -4.12. The van der Waals surface area contributed by atoms with E-state index in [4.69, 9.17) is 28.0 Å². The van der Waals surface area contributed by atoms with Gasteiger partial charge in [0.1, 0.15) is 49.6 Å². The van der Waals surface area contributed by atoms with Crippen LogP contribution >= 0.6 is 15.6 Å². The molecule has 0 bridgehead atoms. The second kappa shape index (κ2) is 16.6. The number of ether oxygens (including phenoxy) is 4. The third-order valence-electron chi connectivity index (χ3n) is 9.04. The molecule has 7 atom stereocenters. The van der Waals surface area contributed by atoms with E-state index in [1.807, 2.05) is 0 Å². The summed E-state index contributed by atoms with van der Waals surface area (Å²) in [5.74, 6) is -1.11. The molecular weight excluding hydrogens is 833 g/mol. The Balaban J connectivity index is 1.11. The van der Waals surface area contributed by atoms with E-state index in [9.17, 15) is 43.0 Å². The van der Waals surface area contributed by atoms with Gasteiger partial charge in [-0.1, -0.05) is 0 Å². The third-order valence-corrected chi connectivity index (χ3v) is 10.5. The van der Waals surface area contributed by atoms with Gasteiger partial charge >= 0.3 is 27.6 Å². The summed E-state index contributed by atoms with van der Waals surface area (Å²) in [4.78, 5) is 96.4. The van der Waals surface area contributed by atoms with Gasteiger partial charge in [0, 0.05) is 12.8 Å². The molecule has 324 valence electrons. The van der Waals surface area contributed by atoms with Crippen molar-refractivity contribution in [3.63, 3.8) is 0 Å². The monoisotopic (exact) mass is 876 g/mol. The highest BCUT2D eigenvalue weighted by Gasteiger charge is 2.45. The Labute approximate surface area is 333 Å². The summed E-state index contributed by atoms with van der Waals surface area (Å²) in [5, 5.41) is 0. The van der Waals surface area contributed by atoms with Gasteiger partial charge in [-0.05, 0) is 41.5 Å². The molecule has 4 aromatic heterocycles. The second-order valence-corrected chi connectivity index (χ2v) is 18.4. The topological polar surface area (TPSA) is 299 Å². The minimum absolute atomic E-state index is 0.00722. The maximum absolute atomic E-state index is 15.3. The van der Waals surface area contributed by atoms with Crippen LogP contribution in [0.5, 0.6) is 0 Å². The van der Waals surface area contributed by atoms with Crippen LogP contribution in [0.3, 0.4) is 0 Å². The fourth-order valence-corrected chi connectivity index (χ4v) is 7.17. The van der Waals surface area contributed by atoms with Gasteiger partial charge in [0.15, 0.2) is 35.8 Å². The Kier molecular flexibility index (Phi) is 12.5. The van der Waals surface area contributed by atoms with Crippen molar-refractivity contribution < 1.29 is 70.3 Å². The van der Waals surface area contributed by atoms with Crippen LogP contribution < -0.4 is 11.1 Å². The Hall–Kier alpha value is -4.29. The molecule has 0 amide bonds. The van der Waals surface area contributed by atoms with Gasteiger partial charge in [-0.2, -0.15) is 0 Å². The van der Waals surface area contributed by atoms with Crippen LogP contribution in [0, 0.1) is 10.8 Å². The van der Waals surface area contributed by atoms with Crippen LogP contribution in [-0.4, -0.2) is 103 Å². The quantitative estimate of drug-likeness (QED) is 0.120. The average molecular weight is 877 g/mol. The molecule has 24 nitrogen and oxygen atoms in total. The number of hydrogen-bond acceptors (Lipinski definition) is 17. The van der Waals surface area contributed by atoms with Crippen molar-refractivity contribution in [1.82, 2.24) is 38.2 Å². The van der Waals surface area contributed by atoms with Crippen LogP contribution in [-0.2, 0) is 64.7 Å². The molecule has 6 unspecified atom stereocenters. The number of aromatic nitrogens is 8. The number of phosphoric ester groups is 2. The summed E-state index contributed by atoms with van der Waals surface area (Å²) in [7, 11) is -10.2. The Morgan fingerprint density at radius 2 is 1.20 bits per heavy atom. The number of halogens is 1. The van der Waals surface area contributed by atoms with Gasteiger partial charge in [-0.25, -0.2) is 33.5 Å². The van der Waals surface area contributed by atoms with Crippen LogP contribution in [0.25, 0.3) is 22.3 Å². The third kappa shape index (κ3) is 10.2. The van der Waals surface area contributed by atoms with E-state index in [-0.39, 0.29) is 35.2 Å². The van der Waals surface area contributed by atoms with Gasteiger partial charge in [0.25, 0.3) is 11.1 Å². The first-order valence-electron chi connectivity index (χ1n) is 17.9. The lowest BCUT2D eigenvalue weighted by Crippen LogP contribution is -2.29. The highest BCUT2D eigenvalue weighted by atomic mass is 31.2. The number of nitrogens with zero attached hydrogens (tertiary/aromatic N) is 8. The molecule has 2 saturated heterocycles. The zero-order chi connectivity index (χ0) is 43.2. The number of fused-ring (bicyclic) bond motifs is 2. The molecule has 2 fully saturated rings. The van der Waals surface area contributed by atoms with E-state index in [0.717, 1.165) is 21.8 Å². The first kappa shape index (κ1) is 44.3. The van der Waals surface area contributed by atoms with Crippen LogP contribution in [0.15, 0.2) is 34.9 Å². The first-order chi connectivity index (χ1) is 27.4. The van der Waals surface area contributed by atoms with Gasteiger partial charge < -0.3 is 33.6 Å². The molecule has 0 aliphatic carbocycles. The minimum atomic E-state index is -5.09. The van der Waals surface area contributed by atoms with Crippen molar-refractivity contribution in [3.05, 3.63) is 46.0 Å². The molecule has 0 spiro atoms. The Morgan fingerprint density at radius 3 is 1.68 bits per heavy atom. The number of carbonyl (C=O) groups excluding carboxylic acids is 2. The van der Waals surface area contributed by atoms with Crippen molar-refractivity contribution in [2.45, 2.75) is 105 Å². The van der Waals surface area contributed by atoms with Gasteiger partial charge in [0.2, 0.25) is 0 Å². The van der Waals surface area contributed by atoms with E-state index in [1.165, 1.54) is 21.8 Å². The number of imidazole rings is 2. The highest BCUT2D eigenvalue weighted by molar-refractivity contribution is 7.47. The highest BCUT2D eigenvalue weighted by Crippen LogP contribution is 2.50. The number of hydrogen-bond donors (Lipinski definition) is 3. The second-order valence-electron chi connectivity index (χ2n) is 15.7. The molecule has 6 heterocycles. The van der Waals surface area contributed by atoms with E-state index in [0.29, 0.717) is 0 Å². The summed E-state index contributed by atoms with van der Waals surface area (Å²) in [5.41, 5.74) is -3.18. The molecule has 59 heavy (non-hydrogen) atoms. The normalized spacial score (nSPS) is 23.8. The lowest BCUT2D eigenvalue weighted by atomic mass is 9.97. The van der Waals surface area contributed by atoms with Crippen LogP contribution in [0.1, 0.15) is 66.8 Å². The molecule has 2 aliphatic heterocycles. The van der Waals surface area contributed by atoms with Crippen LogP contribution in [0.2, 0.25) is 0 Å². The van der Waals surface area contributed by atoms with E-state index < -0.39 is 113 Å². The maximum atomic E-state index is 15.3. The maximum Gasteiger partial charge on any atom is 0.472 e. The predicted octanol–water partition coefficient (Wildman–Crippen LogP) is 1.82. The van der Waals surface area contributed by atoms with Gasteiger partial charge in [-0.3, -0.25) is 51.0 Å². The Bertz CT molecular complexity index is 2430. The molecule has 27 heteroatoms. The Morgan fingerprint density at radius 1 is 0.746 bits per heavy atom. The molecule has 2 aliphatic rings. The summed E-state index contributed by atoms with van der Waals surface area (Å²) in [6, 6.07) is 0. The van der Waals surface area contributed by atoms with Crippen molar-refractivity contribution in [1.29, 1.82) is 0 Å². The minimum Gasteiger partial charge on any atom is -0.443 e. The van der Waals surface area contributed by atoms with E-state index in [2.05, 4.69) is 24.5 Å². The van der Waals surface area contributed by atoms with Crippen molar-refractivity contribution >= 4 is 49.9 Å². The molecule has 4 aromatic rings. The number of phosphoric acid groups is 2. The zero-order valence-electron chi connectivity index (χ0n) is 32.5. The number of alkyl halides is 1. The zero-order valence-corrected chi connectivity index (χ0v) is 34.3. The van der Waals surface area contributed by atoms with Gasteiger partial charge in [0.05, 0.1) is 36.7 Å². The summed E-state index contributed by atoms with van der Waals surface area (Å²) >= 11 is 0. The molecule has 0 aromatic carbocycles. The average Bonchev–Trinajstić information content (AvgIpc) is 3.93. The smallest absolute Gasteiger partial charge is 0.443 e. The molecule has 6 rings (SSSR count). The molecule has 0 radical (unpaired) electrons.